The van der Waals surface area contributed by atoms with Crippen LogP contribution in [0, 0.1) is 0 Å². The molecule has 4 rings (SSSR count). The Kier molecular flexibility index (Phi) is 24.3. The van der Waals surface area contributed by atoms with Gasteiger partial charge in [-0.05, 0) is 95.7 Å². The van der Waals surface area contributed by atoms with Crippen molar-refractivity contribution in [1.82, 2.24) is 31.9 Å². The molecule has 0 saturated carbocycles. The second-order valence-corrected chi connectivity index (χ2v) is 18.8. The number of esters is 3. The standard InChI is InChI=1S/C51H69N15O18/c1-22-34(64-43(76)28(13-7-19-58-49(52)53)61-40(73)25-10-4-16-31(67)37(25)70)46(79)83-24(3)36(66-45(78)30(15-9-21-60-51(56)57)63-42(75)27-12-6-18-33(69)39(27)72)48(81)84-23(2)35(47(80)82-22)65-44(77)29(14-8-20-59-50(54)55)62-41(74)26-11-5-17-32(68)38(26)71/h4-6,10-12,16-18,22-24,28-30,34-36,67-72H,7-9,13-15,19-21H2,1-3H3,(H,61,73)(H,62,74)(H,63,75)(H,64,76)(H,65,77)(H,66,78)(H4,52,53,58)(H4,54,55,59)(H4,56,57,60)/t22-,23-,24-,28+,29+,30+,34+,35+,36?/m1/s1. The Morgan fingerprint density at radius 3 is 0.905 bits per heavy atom. The molecule has 0 aromatic heterocycles. The number of hydrogen-bond acceptors (Lipinski definition) is 21. The molecule has 3 aromatic rings. The highest BCUT2D eigenvalue weighted by molar-refractivity contribution is 6.03. The molecule has 33 heteroatoms. The lowest BCUT2D eigenvalue weighted by Crippen LogP contribution is -2.61. The minimum absolute atomic E-state index is 0.0167. The molecule has 1 aliphatic heterocycles. The molecule has 1 saturated heterocycles. The van der Waals surface area contributed by atoms with Crippen molar-refractivity contribution in [3.05, 3.63) is 71.3 Å². The molecule has 1 unspecified atom stereocenters. The number of benzene rings is 3. The summed E-state index contributed by atoms with van der Waals surface area (Å²) in [6.45, 7) is 3.01. The summed E-state index contributed by atoms with van der Waals surface area (Å²) in [5.41, 5.74) is 31.3. The van der Waals surface area contributed by atoms with Gasteiger partial charge in [0.1, 0.15) is 36.4 Å². The fourth-order valence-electron chi connectivity index (χ4n) is 8.01. The lowest BCUT2D eigenvalue weighted by atomic mass is 10.0. The first-order valence-electron chi connectivity index (χ1n) is 25.8. The third kappa shape index (κ3) is 19.1. The summed E-state index contributed by atoms with van der Waals surface area (Å²) in [5, 5.41) is 75.9. The van der Waals surface area contributed by atoms with Gasteiger partial charge < -0.3 is 111 Å². The highest BCUT2D eigenvalue weighted by atomic mass is 16.6. The molecular weight excluding hydrogens is 1110 g/mol. The van der Waals surface area contributed by atoms with Crippen LogP contribution in [0.25, 0.3) is 0 Å². The molecule has 0 bridgehead atoms. The average molecular weight is 1180 g/mol. The first-order chi connectivity index (χ1) is 39.6. The van der Waals surface area contributed by atoms with Gasteiger partial charge in [-0.15, -0.1) is 0 Å². The van der Waals surface area contributed by atoms with Crippen LogP contribution in [0.15, 0.2) is 69.6 Å². The summed E-state index contributed by atoms with van der Waals surface area (Å²) < 4.78 is 17.1. The first-order valence-corrected chi connectivity index (χ1v) is 25.8. The number of hydrogen-bond donors (Lipinski definition) is 18. The number of aliphatic imine (C=N–C) groups is 3. The van der Waals surface area contributed by atoms with Gasteiger partial charge in [0.2, 0.25) is 17.7 Å². The molecule has 456 valence electrons. The van der Waals surface area contributed by atoms with E-state index in [0.29, 0.717) is 0 Å². The van der Waals surface area contributed by atoms with E-state index < -0.39 is 159 Å². The molecular formula is C51H69N15O18. The zero-order chi connectivity index (χ0) is 62.5. The summed E-state index contributed by atoms with van der Waals surface area (Å²) in [7, 11) is 0. The number of guanidine groups is 3. The normalized spacial score (nSPS) is 19.0. The smallest absolute Gasteiger partial charge is 0.332 e. The van der Waals surface area contributed by atoms with Crippen LogP contribution < -0.4 is 66.3 Å². The van der Waals surface area contributed by atoms with Crippen LogP contribution in [0.2, 0.25) is 0 Å². The molecule has 9 atom stereocenters. The number of cyclic esters (lactones) is 3. The van der Waals surface area contributed by atoms with E-state index in [4.69, 9.17) is 48.6 Å². The number of phenolic OH excluding ortho intramolecular Hbond substituents is 6. The van der Waals surface area contributed by atoms with E-state index in [0.717, 1.165) is 57.2 Å². The third-order valence-corrected chi connectivity index (χ3v) is 12.4. The van der Waals surface area contributed by atoms with Crippen LogP contribution in [0.5, 0.6) is 34.5 Å². The average Bonchev–Trinajstić information content (AvgIpc) is 3.61. The van der Waals surface area contributed by atoms with Crippen molar-refractivity contribution in [1.29, 1.82) is 0 Å². The molecule has 0 spiro atoms. The van der Waals surface area contributed by atoms with Gasteiger partial charge in [-0.25, -0.2) is 14.4 Å². The van der Waals surface area contributed by atoms with Gasteiger partial charge >= 0.3 is 17.9 Å². The lowest BCUT2D eigenvalue weighted by molar-refractivity contribution is -0.175. The van der Waals surface area contributed by atoms with Crippen LogP contribution in [0.3, 0.4) is 0 Å². The molecule has 1 heterocycles. The summed E-state index contributed by atoms with van der Waals surface area (Å²) in [4.78, 5) is 139. The number of carbonyl (C=O) groups excluding carboxylic acids is 9. The quantitative estimate of drug-likeness (QED) is 0.0102. The van der Waals surface area contributed by atoms with Crippen molar-refractivity contribution in [2.24, 2.45) is 49.4 Å². The fourth-order valence-corrected chi connectivity index (χ4v) is 8.01. The van der Waals surface area contributed by atoms with E-state index in [9.17, 15) is 73.8 Å². The summed E-state index contributed by atoms with van der Waals surface area (Å²) in [6.07, 6.45) is -6.38. The summed E-state index contributed by atoms with van der Waals surface area (Å²) >= 11 is 0. The van der Waals surface area contributed by atoms with Crippen LogP contribution in [-0.4, -0.2) is 176 Å². The van der Waals surface area contributed by atoms with Crippen molar-refractivity contribution >= 4 is 71.2 Å². The van der Waals surface area contributed by atoms with Gasteiger partial charge in [0.25, 0.3) is 17.7 Å². The Hall–Kier alpha value is -10.5. The Morgan fingerprint density at radius 2 is 0.679 bits per heavy atom. The van der Waals surface area contributed by atoms with Crippen molar-refractivity contribution in [3.8, 4) is 34.5 Å². The number of carbonyl (C=O) groups is 9. The van der Waals surface area contributed by atoms with Crippen LogP contribution in [0.4, 0.5) is 0 Å². The van der Waals surface area contributed by atoms with Gasteiger partial charge in [0.15, 0.2) is 70.5 Å². The number of ether oxygens (including phenoxy) is 3. The molecule has 0 radical (unpaired) electrons. The maximum atomic E-state index is 14.5. The van der Waals surface area contributed by atoms with Crippen LogP contribution in [0.1, 0.15) is 90.4 Å². The molecule has 3 aromatic carbocycles. The van der Waals surface area contributed by atoms with Crippen LogP contribution >= 0.6 is 0 Å². The van der Waals surface area contributed by atoms with Crippen molar-refractivity contribution < 1.29 is 88.0 Å². The molecule has 24 N–H and O–H groups in total. The summed E-state index contributed by atoms with van der Waals surface area (Å²) in [6, 6.07) is -0.985. The predicted molar refractivity (Wildman–Crippen MR) is 295 cm³/mol. The van der Waals surface area contributed by atoms with Gasteiger partial charge in [-0.3, -0.25) is 43.7 Å². The van der Waals surface area contributed by atoms with E-state index in [2.05, 4.69) is 46.9 Å². The Morgan fingerprint density at radius 1 is 0.440 bits per heavy atom. The number of phenols is 6. The topological polar surface area (TPSA) is 568 Å². The maximum Gasteiger partial charge on any atom is 0.332 e. The Balaban J connectivity index is 1.82. The number of rotatable bonds is 24. The number of nitrogens with zero attached hydrogens (tertiary/aromatic N) is 3. The SMILES string of the molecule is C[C@H]1OC(=O)[C@@H](NC(=O)[C@H](CCCN=C(N)N)NC(=O)c2cccc(O)c2O)[C@@H](C)OC(=O)[C@@H](NC(=O)[C@H](CCCN=C(N)N)NC(=O)c2cccc(O)c2O)[C@@H](C)OC(=O)C1NC(=O)[C@H](CCCN=C(N)N)NC(=O)c1cccc(O)c1O. The van der Waals surface area contributed by atoms with Gasteiger partial charge in [0.05, 0.1) is 16.7 Å². The minimum atomic E-state index is -2.11. The van der Waals surface area contributed by atoms with Crippen molar-refractivity contribution in [3.63, 3.8) is 0 Å². The predicted octanol–water partition coefficient (Wildman–Crippen LogP) is -3.96. The van der Waals surface area contributed by atoms with Gasteiger partial charge in [0, 0.05) is 19.6 Å². The molecule has 6 amide bonds. The maximum absolute atomic E-state index is 14.5. The zero-order valence-corrected chi connectivity index (χ0v) is 45.6. The largest absolute Gasteiger partial charge is 0.504 e. The van der Waals surface area contributed by atoms with Crippen LogP contribution in [-0.2, 0) is 43.0 Å². The number of nitrogens with two attached hydrogens (primary N) is 6. The first kappa shape index (κ1) is 66.0. The highest BCUT2D eigenvalue weighted by Gasteiger charge is 2.43. The van der Waals surface area contributed by atoms with Crippen molar-refractivity contribution in [2.45, 2.75) is 114 Å². The number of amides is 6. The summed E-state index contributed by atoms with van der Waals surface area (Å²) in [5.74, 6) is -16.8. The highest BCUT2D eigenvalue weighted by Crippen LogP contribution is 2.30. The molecule has 33 nitrogen and oxygen atoms in total. The fraction of sp³-hybridized carbons (Fsp3) is 0.412. The number of para-hydroxylation sites is 3. The lowest BCUT2D eigenvalue weighted by Gasteiger charge is -2.33. The second-order valence-electron chi connectivity index (χ2n) is 18.8. The number of aromatic hydroxyl groups is 6. The third-order valence-electron chi connectivity index (χ3n) is 12.4. The van der Waals surface area contributed by atoms with E-state index in [-0.39, 0.29) is 76.0 Å². The minimum Gasteiger partial charge on any atom is -0.504 e. The van der Waals surface area contributed by atoms with Gasteiger partial charge in [-0.1, -0.05) is 18.2 Å². The Labute approximate surface area is 478 Å². The molecule has 0 aliphatic carbocycles. The Bertz CT molecular complexity index is 2690. The molecule has 84 heavy (non-hydrogen) atoms. The monoisotopic (exact) mass is 1180 g/mol. The molecule has 1 fully saturated rings. The van der Waals surface area contributed by atoms with E-state index in [1.165, 1.54) is 18.2 Å². The van der Waals surface area contributed by atoms with E-state index in [1.54, 1.807) is 0 Å². The number of nitrogens with one attached hydrogen (secondary N) is 6. The van der Waals surface area contributed by atoms with E-state index >= 15 is 0 Å². The van der Waals surface area contributed by atoms with Gasteiger partial charge in [-0.2, -0.15) is 0 Å². The zero-order valence-electron chi connectivity index (χ0n) is 45.6. The molecule has 1 aliphatic rings. The van der Waals surface area contributed by atoms with E-state index in [1.807, 2.05) is 0 Å². The second kappa shape index (κ2) is 30.9. The van der Waals surface area contributed by atoms with Crippen molar-refractivity contribution in [2.75, 3.05) is 19.6 Å².